The first-order chi connectivity index (χ1) is 9.69. The SMILES string of the molecule is COCCNC(=O)Nc1ccc(-c2nc(C)cs2)cc1. The molecule has 0 saturated carbocycles. The van der Waals surface area contributed by atoms with Crippen molar-refractivity contribution in [1.82, 2.24) is 10.3 Å². The molecule has 0 aliphatic heterocycles. The van der Waals surface area contributed by atoms with Gasteiger partial charge in [0.05, 0.1) is 6.61 Å². The Balaban J connectivity index is 1.93. The minimum Gasteiger partial charge on any atom is -0.383 e. The van der Waals surface area contributed by atoms with E-state index in [-0.39, 0.29) is 6.03 Å². The number of benzene rings is 1. The van der Waals surface area contributed by atoms with Gasteiger partial charge in [-0.2, -0.15) is 0 Å². The van der Waals surface area contributed by atoms with E-state index in [2.05, 4.69) is 15.6 Å². The summed E-state index contributed by atoms with van der Waals surface area (Å²) >= 11 is 1.61. The number of thiazole rings is 1. The molecule has 0 radical (unpaired) electrons. The molecule has 106 valence electrons. The van der Waals surface area contributed by atoms with Crippen LogP contribution in [0.3, 0.4) is 0 Å². The number of carbonyl (C=O) groups excluding carboxylic acids is 1. The molecule has 0 aliphatic carbocycles. The average Bonchev–Trinajstić information content (AvgIpc) is 2.86. The van der Waals surface area contributed by atoms with Crippen molar-refractivity contribution in [3.05, 3.63) is 35.3 Å². The molecule has 1 heterocycles. The van der Waals surface area contributed by atoms with Gasteiger partial charge in [-0.25, -0.2) is 9.78 Å². The molecule has 2 amide bonds. The molecule has 1 aromatic carbocycles. The van der Waals surface area contributed by atoms with E-state index in [0.29, 0.717) is 13.2 Å². The fourth-order valence-corrected chi connectivity index (χ4v) is 2.43. The minimum absolute atomic E-state index is 0.236. The van der Waals surface area contributed by atoms with Crippen LogP contribution in [0, 0.1) is 6.92 Å². The van der Waals surface area contributed by atoms with E-state index in [9.17, 15) is 4.79 Å². The second kappa shape index (κ2) is 7.02. The van der Waals surface area contributed by atoms with E-state index >= 15 is 0 Å². The molecule has 0 saturated heterocycles. The third-order valence-electron chi connectivity index (χ3n) is 2.60. The fourth-order valence-electron chi connectivity index (χ4n) is 1.62. The lowest BCUT2D eigenvalue weighted by molar-refractivity contribution is 0.198. The second-order valence-corrected chi connectivity index (χ2v) is 5.10. The zero-order valence-corrected chi connectivity index (χ0v) is 12.3. The van der Waals surface area contributed by atoms with Gasteiger partial charge in [0.1, 0.15) is 5.01 Å². The topological polar surface area (TPSA) is 63.2 Å². The van der Waals surface area contributed by atoms with Crippen molar-refractivity contribution in [3.8, 4) is 10.6 Å². The van der Waals surface area contributed by atoms with Crippen molar-refractivity contribution < 1.29 is 9.53 Å². The van der Waals surface area contributed by atoms with E-state index < -0.39 is 0 Å². The van der Waals surface area contributed by atoms with E-state index in [1.807, 2.05) is 36.6 Å². The smallest absolute Gasteiger partial charge is 0.319 e. The first kappa shape index (κ1) is 14.5. The molecule has 0 fully saturated rings. The van der Waals surface area contributed by atoms with Crippen molar-refractivity contribution in [2.75, 3.05) is 25.6 Å². The van der Waals surface area contributed by atoms with Gasteiger partial charge in [0, 0.05) is 36.0 Å². The Hall–Kier alpha value is -1.92. The Morgan fingerprint density at radius 3 is 2.70 bits per heavy atom. The molecule has 0 bridgehead atoms. The number of urea groups is 1. The number of amides is 2. The van der Waals surface area contributed by atoms with Crippen LogP contribution >= 0.6 is 11.3 Å². The second-order valence-electron chi connectivity index (χ2n) is 4.25. The minimum atomic E-state index is -0.236. The van der Waals surface area contributed by atoms with Crippen molar-refractivity contribution in [3.63, 3.8) is 0 Å². The number of ether oxygens (including phenoxy) is 1. The maximum atomic E-state index is 11.6. The Bertz CT molecular complexity index is 566. The van der Waals surface area contributed by atoms with Crippen molar-refractivity contribution in [2.45, 2.75) is 6.92 Å². The predicted octanol–water partition coefficient (Wildman–Crippen LogP) is 2.89. The lowest BCUT2D eigenvalue weighted by Gasteiger charge is -2.07. The van der Waals surface area contributed by atoms with Gasteiger partial charge in [-0.05, 0) is 31.2 Å². The highest BCUT2D eigenvalue weighted by Gasteiger charge is 2.04. The molecular formula is C14H17N3O2S. The van der Waals surface area contributed by atoms with Gasteiger partial charge in [-0.3, -0.25) is 0 Å². The largest absolute Gasteiger partial charge is 0.383 e. The van der Waals surface area contributed by atoms with Crippen molar-refractivity contribution in [2.24, 2.45) is 0 Å². The highest BCUT2D eigenvalue weighted by atomic mass is 32.1. The number of aryl methyl sites for hydroxylation is 1. The summed E-state index contributed by atoms with van der Waals surface area (Å²) in [5.41, 5.74) is 2.81. The maximum absolute atomic E-state index is 11.6. The number of hydrogen-bond acceptors (Lipinski definition) is 4. The Morgan fingerprint density at radius 2 is 2.10 bits per heavy atom. The number of carbonyl (C=O) groups is 1. The summed E-state index contributed by atoms with van der Waals surface area (Å²) in [6.07, 6.45) is 0. The molecule has 6 heteroatoms. The van der Waals surface area contributed by atoms with Gasteiger partial charge in [0.25, 0.3) is 0 Å². The van der Waals surface area contributed by atoms with Crippen LogP contribution in [0.1, 0.15) is 5.69 Å². The number of aromatic nitrogens is 1. The summed E-state index contributed by atoms with van der Waals surface area (Å²) in [5.74, 6) is 0. The monoisotopic (exact) mass is 291 g/mol. The van der Waals surface area contributed by atoms with Gasteiger partial charge in [0.2, 0.25) is 0 Å². The summed E-state index contributed by atoms with van der Waals surface area (Å²) < 4.78 is 4.86. The third-order valence-corrected chi connectivity index (χ3v) is 3.61. The lowest BCUT2D eigenvalue weighted by atomic mass is 10.2. The first-order valence-corrected chi connectivity index (χ1v) is 7.13. The molecule has 2 aromatic rings. The number of rotatable bonds is 5. The molecule has 2 rings (SSSR count). The van der Waals surface area contributed by atoms with Gasteiger partial charge < -0.3 is 15.4 Å². The normalized spacial score (nSPS) is 10.3. The van der Waals surface area contributed by atoms with Crippen LogP contribution < -0.4 is 10.6 Å². The van der Waals surface area contributed by atoms with Crippen LogP contribution in [0.2, 0.25) is 0 Å². The maximum Gasteiger partial charge on any atom is 0.319 e. The Morgan fingerprint density at radius 1 is 1.35 bits per heavy atom. The molecule has 2 N–H and O–H groups in total. The quantitative estimate of drug-likeness (QED) is 0.833. The predicted molar refractivity (Wildman–Crippen MR) is 81.2 cm³/mol. The average molecular weight is 291 g/mol. The highest BCUT2D eigenvalue weighted by Crippen LogP contribution is 2.24. The summed E-state index contributed by atoms with van der Waals surface area (Å²) in [6.45, 7) is 2.95. The van der Waals surface area contributed by atoms with Crippen molar-refractivity contribution in [1.29, 1.82) is 0 Å². The van der Waals surface area contributed by atoms with Gasteiger partial charge in [-0.1, -0.05) is 0 Å². The summed E-state index contributed by atoms with van der Waals surface area (Å²) in [7, 11) is 1.60. The number of nitrogens with zero attached hydrogens (tertiary/aromatic N) is 1. The molecule has 5 nitrogen and oxygen atoms in total. The molecule has 20 heavy (non-hydrogen) atoms. The highest BCUT2D eigenvalue weighted by molar-refractivity contribution is 7.13. The van der Waals surface area contributed by atoms with Crippen molar-refractivity contribution >= 4 is 23.1 Å². The first-order valence-electron chi connectivity index (χ1n) is 6.25. The third kappa shape index (κ3) is 4.04. The molecular weight excluding hydrogens is 274 g/mol. The van der Waals surface area contributed by atoms with Gasteiger partial charge >= 0.3 is 6.03 Å². The zero-order valence-electron chi connectivity index (χ0n) is 11.5. The van der Waals surface area contributed by atoms with Crippen LogP contribution in [-0.2, 0) is 4.74 Å². The number of hydrogen-bond donors (Lipinski definition) is 2. The van der Waals surface area contributed by atoms with E-state index in [4.69, 9.17) is 4.74 Å². The van der Waals surface area contributed by atoms with Crippen LogP contribution in [0.5, 0.6) is 0 Å². The zero-order chi connectivity index (χ0) is 14.4. The van der Waals surface area contributed by atoms with Crippen LogP contribution in [0.15, 0.2) is 29.6 Å². The molecule has 0 unspecified atom stereocenters. The Kier molecular flexibility index (Phi) is 5.09. The number of anilines is 1. The summed E-state index contributed by atoms with van der Waals surface area (Å²) in [5, 5.41) is 8.46. The molecule has 0 spiro atoms. The van der Waals surface area contributed by atoms with E-state index in [1.54, 1.807) is 18.4 Å². The van der Waals surface area contributed by atoms with Crippen LogP contribution in [-0.4, -0.2) is 31.3 Å². The summed E-state index contributed by atoms with van der Waals surface area (Å²) in [6, 6.07) is 7.38. The molecule has 0 atom stereocenters. The van der Waals surface area contributed by atoms with Crippen LogP contribution in [0.25, 0.3) is 10.6 Å². The standard InChI is InChI=1S/C14H17N3O2S/c1-10-9-20-13(16-10)11-3-5-12(6-4-11)17-14(18)15-7-8-19-2/h3-6,9H,7-8H2,1-2H3,(H2,15,17,18). The van der Waals surface area contributed by atoms with Gasteiger partial charge in [0.15, 0.2) is 0 Å². The Labute approximate surface area is 122 Å². The van der Waals surface area contributed by atoms with E-state index in [1.165, 1.54) is 0 Å². The lowest BCUT2D eigenvalue weighted by Crippen LogP contribution is -2.31. The number of methoxy groups -OCH3 is 1. The van der Waals surface area contributed by atoms with Gasteiger partial charge in [-0.15, -0.1) is 11.3 Å². The number of nitrogens with one attached hydrogen (secondary N) is 2. The summed E-state index contributed by atoms with van der Waals surface area (Å²) in [4.78, 5) is 16.0. The van der Waals surface area contributed by atoms with E-state index in [0.717, 1.165) is 22.0 Å². The molecule has 0 aliphatic rings. The fraction of sp³-hybridized carbons (Fsp3) is 0.286. The molecule has 1 aromatic heterocycles. The van der Waals surface area contributed by atoms with Crippen LogP contribution in [0.4, 0.5) is 10.5 Å².